The third kappa shape index (κ3) is 2.43. The van der Waals surface area contributed by atoms with Gasteiger partial charge in [-0.05, 0) is 6.42 Å². The topological polar surface area (TPSA) is 38.7 Å². The van der Waals surface area contributed by atoms with E-state index in [4.69, 9.17) is 9.47 Å². The van der Waals surface area contributed by atoms with Gasteiger partial charge in [-0.1, -0.05) is 34.7 Å². The molecule has 1 N–H and O–H groups in total. The number of aliphatic hydroxyl groups is 1. The molecule has 0 aromatic carbocycles. The minimum atomic E-state index is -0.334. The summed E-state index contributed by atoms with van der Waals surface area (Å²) in [4.78, 5) is 0. The van der Waals surface area contributed by atoms with E-state index >= 15 is 0 Å². The molecule has 0 unspecified atom stereocenters. The summed E-state index contributed by atoms with van der Waals surface area (Å²) < 4.78 is 11.5. The van der Waals surface area contributed by atoms with Crippen LogP contribution < -0.4 is 0 Å². The highest BCUT2D eigenvalue weighted by Gasteiger charge is 2.30. The van der Waals surface area contributed by atoms with E-state index in [1.54, 1.807) is 6.08 Å². The van der Waals surface area contributed by atoms with Gasteiger partial charge in [0.15, 0.2) is 6.29 Å². The molecule has 2 rings (SSSR count). The second-order valence-corrected chi connectivity index (χ2v) is 5.01. The van der Waals surface area contributed by atoms with Crippen LogP contribution in [0.5, 0.6) is 0 Å². The zero-order chi connectivity index (χ0) is 9.26. The summed E-state index contributed by atoms with van der Waals surface area (Å²) in [6.45, 7) is 0.789. The van der Waals surface area contributed by atoms with E-state index in [0.717, 1.165) is 13.0 Å². The van der Waals surface area contributed by atoms with Crippen LogP contribution in [-0.2, 0) is 9.47 Å². The van der Waals surface area contributed by atoms with E-state index in [2.05, 4.69) is 22.6 Å². The van der Waals surface area contributed by atoms with E-state index in [9.17, 15) is 5.11 Å². The van der Waals surface area contributed by atoms with Gasteiger partial charge in [0.2, 0.25) is 0 Å². The van der Waals surface area contributed by atoms with Crippen molar-refractivity contribution in [2.75, 3.05) is 6.61 Å². The molecule has 74 valence electrons. The second-order valence-electron chi connectivity index (χ2n) is 3.41. The molecule has 3 nitrogen and oxygen atoms in total. The largest absolute Gasteiger partial charge is 0.389 e. The third-order valence-corrected chi connectivity index (χ3v) is 3.51. The molecule has 1 aliphatic carbocycles. The predicted molar refractivity (Wildman–Crippen MR) is 56.8 cm³/mol. The minimum absolute atomic E-state index is 0.0374. The molecule has 0 aromatic heterocycles. The fourth-order valence-electron chi connectivity index (χ4n) is 1.58. The fourth-order valence-corrected chi connectivity index (χ4v) is 2.21. The second kappa shape index (κ2) is 4.25. The lowest BCUT2D eigenvalue weighted by Gasteiger charge is -2.18. The number of hydrogen-bond acceptors (Lipinski definition) is 3. The Balaban J connectivity index is 1.81. The highest BCUT2D eigenvalue weighted by molar-refractivity contribution is 14.1. The van der Waals surface area contributed by atoms with Crippen molar-refractivity contribution in [2.24, 2.45) is 0 Å². The monoisotopic (exact) mass is 296 g/mol. The molecule has 0 aromatic rings. The van der Waals surface area contributed by atoms with Gasteiger partial charge in [0.05, 0.1) is 22.7 Å². The number of ether oxygens (including phenoxy) is 2. The highest BCUT2D eigenvalue weighted by Crippen LogP contribution is 2.26. The zero-order valence-electron chi connectivity index (χ0n) is 7.23. The summed E-state index contributed by atoms with van der Waals surface area (Å²) in [5, 5.41) is 9.23. The molecular weight excluding hydrogens is 283 g/mol. The van der Waals surface area contributed by atoms with Crippen molar-refractivity contribution >= 4 is 22.6 Å². The Kier molecular flexibility index (Phi) is 3.23. The van der Waals surface area contributed by atoms with E-state index in [0.29, 0.717) is 10.3 Å². The average molecular weight is 296 g/mol. The maximum atomic E-state index is 9.23. The number of rotatable bonds is 2. The predicted octanol–water partition coefficient (Wildman–Crippen LogP) is 1.24. The van der Waals surface area contributed by atoms with Gasteiger partial charge >= 0.3 is 0 Å². The van der Waals surface area contributed by atoms with Gasteiger partial charge in [-0.25, -0.2) is 0 Å². The average Bonchev–Trinajstić information content (AvgIpc) is 2.64. The van der Waals surface area contributed by atoms with Gasteiger partial charge in [0.1, 0.15) is 0 Å². The minimum Gasteiger partial charge on any atom is -0.389 e. The van der Waals surface area contributed by atoms with Crippen LogP contribution in [0.2, 0.25) is 0 Å². The van der Waals surface area contributed by atoms with Gasteiger partial charge in [-0.3, -0.25) is 0 Å². The molecular formula is C9H13IO3. The van der Waals surface area contributed by atoms with Crippen LogP contribution >= 0.6 is 22.6 Å². The Morgan fingerprint density at radius 1 is 1.46 bits per heavy atom. The molecule has 1 fully saturated rings. The summed E-state index contributed by atoms with van der Waals surface area (Å²) in [6.07, 6.45) is 5.04. The number of halogens is 1. The molecule has 0 amide bonds. The summed E-state index contributed by atoms with van der Waals surface area (Å²) in [6, 6.07) is 0. The van der Waals surface area contributed by atoms with E-state index in [1.165, 1.54) is 0 Å². The van der Waals surface area contributed by atoms with Crippen LogP contribution in [0, 0.1) is 0 Å². The Morgan fingerprint density at radius 2 is 2.31 bits per heavy atom. The van der Waals surface area contributed by atoms with Crippen molar-refractivity contribution in [3.8, 4) is 0 Å². The first-order valence-electron chi connectivity index (χ1n) is 4.53. The highest BCUT2D eigenvalue weighted by atomic mass is 127. The Bertz CT molecular complexity index is 207. The maximum absolute atomic E-state index is 9.23. The third-order valence-electron chi connectivity index (χ3n) is 2.30. The van der Waals surface area contributed by atoms with Gasteiger partial charge < -0.3 is 14.6 Å². The first-order chi connectivity index (χ1) is 6.25. The van der Waals surface area contributed by atoms with Crippen LogP contribution in [-0.4, -0.2) is 34.1 Å². The first-order valence-corrected chi connectivity index (χ1v) is 5.78. The van der Waals surface area contributed by atoms with Crippen molar-refractivity contribution in [1.82, 2.24) is 0 Å². The maximum Gasteiger partial charge on any atom is 0.170 e. The molecule has 4 heteroatoms. The Hall–Kier alpha value is 0.350. The van der Waals surface area contributed by atoms with Crippen molar-refractivity contribution in [1.29, 1.82) is 0 Å². The summed E-state index contributed by atoms with van der Waals surface area (Å²) >= 11 is 2.35. The van der Waals surface area contributed by atoms with Crippen molar-refractivity contribution < 1.29 is 14.6 Å². The lowest BCUT2D eigenvalue weighted by molar-refractivity contribution is -0.129. The summed E-state index contributed by atoms with van der Waals surface area (Å²) in [5.41, 5.74) is 0. The fraction of sp³-hybridized carbons (Fsp3) is 0.778. The number of hydrogen-bond donors (Lipinski definition) is 1. The van der Waals surface area contributed by atoms with Gasteiger partial charge in [-0.15, -0.1) is 0 Å². The lowest BCUT2D eigenvalue weighted by atomic mass is 10.3. The smallest absolute Gasteiger partial charge is 0.170 e. The zero-order valence-corrected chi connectivity index (χ0v) is 9.38. The Labute approximate surface area is 91.2 Å². The van der Waals surface area contributed by atoms with Crippen molar-refractivity contribution in [3.05, 3.63) is 12.2 Å². The van der Waals surface area contributed by atoms with Crippen LogP contribution in [0.4, 0.5) is 0 Å². The van der Waals surface area contributed by atoms with Crippen molar-refractivity contribution in [3.63, 3.8) is 0 Å². The molecule has 1 saturated heterocycles. The van der Waals surface area contributed by atoms with Crippen LogP contribution in [0.25, 0.3) is 0 Å². The molecule has 1 heterocycles. The Morgan fingerprint density at radius 3 is 2.85 bits per heavy atom. The quantitative estimate of drug-likeness (QED) is 0.473. The number of alkyl halides is 1. The molecule has 1 aliphatic heterocycles. The van der Waals surface area contributed by atoms with Crippen LogP contribution in [0.3, 0.4) is 0 Å². The lowest BCUT2D eigenvalue weighted by Crippen LogP contribution is -2.25. The molecule has 13 heavy (non-hydrogen) atoms. The summed E-state index contributed by atoms with van der Waals surface area (Å²) in [5.74, 6) is 0. The van der Waals surface area contributed by atoms with E-state index in [1.807, 2.05) is 6.08 Å². The molecule has 2 aliphatic rings. The molecule has 0 bridgehead atoms. The van der Waals surface area contributed by atoms with Crippen LogP contribution in [0.15, 0.2) is 12.2 Å². The normalized spacial score (nSPS) is 44.5. The van der Waals surface area contributed by atoms with E-state index in [-0.39, 0.29) is 18.5 Å². The van der Waals surface area contributed by atoms with E-state index < -0.39 is 0 Å². The van der Waals surface area contributed by atoms with Gasteiger partial charge in [0, 0.05) is 6.42 Å². The SMILES string of the molecule is O[C@@H]1C=C[C@H](O[C@@H]2OCC[C@@H]2I)C1. The van der Waals surface area contributed by atoms with Crippen LogP contribution in [0.1, 0.15) is 12.8 Å². The summed E-state index contributed by atoms with van der Waals surface area (Å²) in [7, 11) is 0. The molecule has 0 saturated carbocycles. The van der Waals surface area contributed by atoms with Gasteiger partial charge in [0.25, 0.3) is 0 Å². The molecule has 4 atom stereocenters. The first kappa shape index (κ1) is 9.89. The van der Waals surface area contributed by atoms with Gasteiger partial charge in [-0.2, -0.15) is 0 Å². The van der Waals surface area contributed by atoms with Crippen molar-refractivity contribution in [2.45, 2.75) is 35.3 Å². The standard InChI is InChI=1S/C9H13IO3/c10-8-3-4-12-9(8)13-7-2-1-6(11)5-7/h1-2,6-9,11H,3-5H2/t6-,7+,8+,9+/m1/s1. The molecule has 0 spiro atoms. The number of aliphatic hydroxyl groups excluding tert-OH is 1. The molecule has 0 radical (unpaired) electrons.